The van der Waals surface area contributed by atoms with Crippen molar-refractivity contribution in [3.8, 4) is 11.5 Å². The highest BCUT2D eigenvalue weighted by molar-refractivity contribution is 7.92. The maximum Gasteiger partial charge on any atom is 0.264 e. The fourth-order valence-corrected chi connectivity index (χ4v) is 6.44. The molecule has 2 amide bonds. The summed E-state index contributed by atoms with van der Waals surface area (Å²) in [5, 5.41) is 2.92. The van der Waals surface area contributed by atoms with Gasteiger partial charge in [0.25, 0.3) is 10.0 Å². The highest BCUT2D eigenvalue weighted by atomic mass is 32.2. The van der Waals surface area contributed by atoms with Gasteiger partial charge in [0, 0.05) is 19.5 Å². The van der Waals surface area contributed by atoms with E-state index in [1.54, 1.807) is 24.3 Å². The predicted octanol–water partition coefficient (Wildman–Crippen LogP) is 5.59. The number of rotatable bonds is 16. The van der Waals surface area contributed by atoms with E-state index in [9.17, 15) is 22.4 Å². The van der Waals surface area contributed by atoms with Crippen LogP contribution in [0.2, 0.25) is 0 Å². The molecule has 11 heteroatoms. The van der Waals surface area contributed by atoms with Crippen molar-refractivity contribution in [1.82, 2.24) is 10.2 Å². The number of sulfonamides is 1. The van der Waals surface area contributed by atoms with E-state index in [1.807, 2.05) is 44.2 Å². The van der Waals surface area contributed by atoms with E-state index in [2.05, 4.69) is 5.32 Å². The van der Waals surface area contributed by atoms with Gasteiger partial charge in [-0.15, -0.1) is 0 Å². The van der Waals surface area contributed by atoms with Crippen molar-refractivity contribution < 1.29 is 31.9 Å². The fraction of sp³-hybridized carbons (Fsp3) is 0.278. The zero-order valence-corrected chi connectivity index (χ0v) is 27.6. The summed E-state index contributed by atoms with van der Waals surface area (Å²) in [6.07, 6.45) is 0.876. The smallest absolute Gasteiger partial charge is 0.264 e. The second-order valence-electron chi connectivity index (χ2n) is 10.8. The van der Waals surface area contributed by atoms with Crippen LogP contribution in [-0.2, 0) is 32.6 Å². The number of ether oxygens (including phenoxy) is 2. The van der Waals surface area contributed by atoms with E-state index in [1.165, 1.54) is 48.4 Å². The number of carbonyl (C=O) groups is 2. The zero-order chi connectivity index (χ0) is 33.8. The predicted molar refractivity (Wildman–Crippen MR) is 179 cm³/mol. The fourth-order valence-electron chi connectivity index (χ4n) is 5.03. The molecule has 0 fully saturated rings. The summed E-state index contributed by atoms with van der Waals surface area (Å²) in [6.45, 7) is 3.89. The lowest BCUT2D eigenvalue weighted by atomic mass is 10.0. The van der Waals surface area contributed by atoms with Crippen molar-refractivity contribution in [1.29, 1.82) is 0 Å². The molecular formula is C36H40FN3O6S. The van der Waals surface area contributed by atoms with Gasteiger partial charge >= 0.3 is 0 Å². The van der Waals surface area contributed by atoms with Crippen LogP contribution in [0.15, 0.2) is 108 Å². The number of methoxy groups -OCH3 is 1. The van der Waals surface area contributed by atoms with E-state index in [4.69, 9.17) is 9.47 Å². The molecule has 4 aromatic rings. The first-order valence-electron chi connectivity index (χ1n) is 15.4. The Morgan fingerprint density at radius 3 is 2.17 bits per heavy atom. The summed E-state index contributed by atoms with van der Waals surface area (Å²) < 4.78 is 54.1. The molecule has 0 saturated carbocycles. The van der Waals surface area contributed by atoms with Gasteiger partial charge < -0.3 is 19.7 Å². The molecule has 0 aliphatic rings. The molecule has 4 rings (SSSR count). The number of carbonyl (C=O) groups excluding carboxylic acids is 2. The second-order valence-corrected chi connectivity index (χ2v) is 12.6. The van der Waals surface area contributed by atoms with E-state index in [-0.39, 0.29) is 29.5 Å². The van der Waals surface area contributed by atoms with E-state index < -0.39 is 34.3 Å². The Morgan fingerprint density at radius 1 is 0.851 bits per heavy atom. The quantitative estimate of drug-likeness (QED) is 0.168. The minimum Gasteiger partial charge on any atom is -0.497 e. The van der Waals surface area contributed by atoms with Gasteiger partial charge in [0.2, 0.25) is 11.8 Å². The number of hydrogen-bond acceptors (Lipinski definition) is 6. The molecule has 1 atom stereocenters. The van der Waals surface area contributed by atoms with Gasteiger partial charge in [-0.05, 0) is 85.1 Å². The van der Waals surface area contributed by atoms with Crippen molar-refractivity contribution in [3.63, 3.8) is 0 Å². The third-order valence-electron chi connectivity index (χ3n) is 7.42. The molecule has 0 aliphatic heterocycles. The molecule has 0 spiro atoms. The average molecular weight is 662 g/mol. The molecule has 4 aromatic carbocycles. The van der Waals surface area contributed by atoms with Gasteiger partial charge in [-0.2, -0.15) is 0 Å². The van der Waals surface area contributed by atoms with Crippen molar-refractivity contribution >= 4 is 27.5 Å². The molecule has 9 nitrogen and oxygen atoms in total. The van der Waals surface area contributed by atoms with E-state index >= 15 is 0 Å². The number of halogens is 1. The minimum absolute atomic E-state index is 0.00651. The van der Waals surface area contributed by atoms with Crippen LogP contribution in [0.3, 0.4) is 0 Å². The Bertz CT molecular complexity index is 1720. The van der Waals surface area contributed by atoms with E-state index in [0.29, 0.717) is 36.6 Å². The van der Waals surface area contributed by atoms with Crippen molar-refractivity contribution in [2.24, 2.45) is 0 Å². The number of nitrogens with one attached hydrogen (secondary N) is 1. The molecule has 0 heterocycles. The number of amides is 2. The molecule has 0 saturated heterocycles. The number of anilines is 1. The molecular weight excluding hydrogens is 621 g/mol. The van der Waals surface area contributed by atoms with Crippen molar-refractivity contribution in [2.45, 2.75) is 44.2 Å². The number of benzene rings is 4. The highest BCUT2D eigenvalue weighted by Crippen LogP contribution is 2.27. The summed E-state index contributed by atoms with van der Waals surface area (Å²) >= 11 is 0. The minimum atomic E-state index is -4.34. The molecule has 0 unspecified atom stereocenters. The molecule has 0 radical (unpaired) electrons. The molecule has 0 aromatic heterocycles. The third-order valence-corrected chi connectivity index (χ3v) is 9.21. The SMILES string of the molecule is CCCNC(=O)[C@@H](Cc1ccccc1)N(Cc1cccc(OC)c1)C(=O)CN(c1ccc(F)cc1)S(=O)(=O)c1ccc(OCC)cc1. The van der Waals surface area contributed by atoms with Crippen LogP contribution in [0.25, 0.3) is 0 Å². The Balaban J connectivity index is 1.79. The standard InChI is InChI=1S/C36H40FN3O6S/c1-4-22-38-36(42)34(24-27-10-7-6-8-11-27)39(25-28-12-9-13-32(23-28)45-3)35(41)26-40(30-16-14-29(37)15-17-30)47(43,44)33-20-18-31(19-21-33)46-5-2/h6-21,23,34H,4-5,22,24-26H2,1-3H3,(H,38,42)/t34-/m1/s1. The maximum absolute atomic E-state index is 14.5. The Labute approximate surface area is 276 Å². The lowest BCUT2D eigenvalue weighted by Gasteiger charge is -2.34. The first-order valence-corrected chi connectivity index (χ1v) is 16.9. The molecule has 47 heavy (non-hydrogen) atoms. The van der Waals surface area contributed by atoms with Gasteiger partial charge in [0.05, 0.1) is 24.3 Å². The van der Waals surface area contributed by atoms with Crippen molar-refractivity contribution in [3.05, 3.63) is 120 Å². The van der Waals surface area contributed by atoms with E-state index in [0.717, 1.165) is 22.0 Å². The first-order chi connectivity index (χ1) is 22.7. The number of nitrogens with zero attached hydrogens (tertiary/aromatic N) is 2. The summed E-state index contributed by atoms with van der Waals surface area (Å²) in [5.41, 5.74) is 1.59. The van der Waals surface area contributed by atoms with Crippen molar-refractivity contribution in [2.75, 3.05) is 31.1 Å². The van der Waals surface area contributed by atoms with Crippen LogP contribution in [-0.4, -0.2) is 58.0 Å². The molecule has 0 aliphatic carbocycles. The van der Waals surface area contributed by atoms with Gasteiger partial charge in [0.15, 0.2) is 0 Å². The highest BCUT2D eigenvalue weighted by Gasteiger charge is 2.34. The van der Waals surface area contributed by atoms with Crippen LogP contribution in [0.1, 0.15) is 31.4 Å². The summed E-state index contributed by atoms with van der Waals surface area (Å²) in [4.78, 5) is 29.6. The van der Waals surface area contributed by atoms with Crippen LogP contribution >= 0.6 is 0 Å². The Kier molecular flexibility index (Phi) is 12.3. The summed E-state index contributed by atoms with van der Waals surface area (Å²) in [5.74, 6) is -0.499. The van der Waals surface area contributed by atoms with Crippen LogP contribution < -0.4 is 19.1 Å². The number of hydrogen-bond donors (Lipinski definition) is 1. The van der Waals surface area contributed by atoms with Crippen LogP contribution in [0.5, 0.6) is 11.5 Å². The normalized spacial score (nSPS) is 11.7. The average Bonchev–Trinajstić information content (AvgIpc) is 3.09. The molecule has 1 N–H and O–H groups in total. The lowest BCUT2D eigenvalue weighted by molar-refractivity contribution is -0.140. The lowest BCUT2D eigenvalue weighted by Crippen LogP contribution is -2.53. The largest absolute Gasteiger partial charge is 0.497 e. The summed E-state index contributed by atoms with van der Waals surface area (Å²) in [6, 6.07) is 26.2. The van der Waals surface area contributed by atoms with Gasteiger partial charge in [-0.3, -0.25) is 13.9 Å². The second kappa shape index (κ2) is 16.6. The summed E-state index contributed by atoms with van der Waals surface area (Å²) in [7, 11) is -2.81. The monoisotopic (exact) mass is 661 g/mol. The van der Waals surface area contributed by atoms with Crippen LogP contribution in [0.4, 0.5) is 10.1 Å². The Morgan fingerprint density at radius 2 is 1.53 bits per heavy atom. The van der Waals surface area contributed by atoms with Gasteiger partial charge in [0.1, 0.15) is 29.9 Å². The maximum atomic E-state index is 14.5. The third kappa shape index (κ3) is 9.32. The topological polar surface area (TPSA) is 105 Å². The molecule has 0 bridgehead atoms. The first kappa shape index (κ1) is 35.0. The van der Waals surface area contributed by atoms with Gasteiger partial charge in [-0.25, -0.2) is 12.8 Å². The molecule has 248 valence electrons. The van der Waals surface area contributed by atoms with Gasteiger partial charge in [-0.1, -0.05) is 49.4 Å². The Hall–Kier alpha value is -4.90. The van der Waals surface area contributed by atoms with Crippen LogP contribution in [0, 0.1) is 5.82 Å². The zero-order valence-electron chi connectivity index (χ0n) is 26.8.